The second-order valence-electron chi connectivity index (χ2n) is 22.1. The molecule has 0 spiro atoms. The first-order chi connectivity index (χ1) is 35.5. The van der Waals surface area contributed by atoms with Gasteiger partial charge in [-0.2, -0.15) is 0 Å². The number of ether oxygens (including phenoxy) is 1. The molecule has 424 valence electrons. The molecule has 0 aliphatic heterocycles. The number of unbranched alkanes of at least 4 members (excludes halogenated alkanes) is 43. The highest BCUT2D eigenvalue weighted by Crippen LogP contribution is 2.18. The molecule has 3 N–H and O–H groups in total. The largest absolute Gasteiger partial charge is 0.466 e. The van der Waals surface area contributed by atoms with Crippen LogP contribution in [-0.2, 0) is 14.3 Å². The molecule has 0 heterocycles. The Hall–Kier alpha value is -1.92. The number of nitrogens with one attached hydrogen (secondary N) is 1. The molecule has 0 rings (SSSR count). The van der Waals surface area contributed by atoms with Crippen LogP contribution in [0.5, 0.6) is 0 Å². The predicted molar refractivity (Wildman–Crippen MR) is 315 cm³/mol. The van der Waals surface area contributed by atoms with Crippen LogP contribution in [0.1, 0.15) is 348 Å². The smallest absolute Gasteiger partial charge is 0.305 e. The summed E-state index contributed by atoms with van der Waals surface area (Å²) in [7, 11) is 0. The first kappa shape index (κ1) is 70.1. The van der Waals surface area contributed by atoms with E-state index < -0.39 is 12.1 Å². The molecule has 6 heteroatoms. The van der Waals surface area contributed by atoms with E-state index in [1.165, 1.54) is 263 Å². The first-order valence-electron chi connectivity index (χ1n) is 32.2. The lowest BCUT2D eigenvalue weighted by Gasteiger charge is -2.22. The zero-order valence-electron chi connectivity index (χ0n) is 48.4. The number of carbonyl (C=O) groups excluding carboxylic acids is 2. The summed E-state index contributed by atoms with van der Waals surface area (Å²) < 4.78 is 5.47. The monoisotopic (exact) mass is 1010 g/mol. The van der Waals surface area contributed by atoms with Crippen LogP contribution in [0.3, 0.4) is 0 Å². The van der Waals surface area contributed by atoms with E-state index in [-0.39, 0.29) is 18.5 Å². The number of aliphatic hydroxyl groups excluding tert-OH is 2. The summed E-state index contributed by atoms with van der Waals surface area (Å²) in [5.41, 5.74) is 0. The second kappa shape index (κ2) is 61.6. The van der Waals surface area contributed by atoms with E-state index in [1.54, 1.807) is 0 Å². The molecule has 72 heavy (non-hydrogen) atoms. The van der Waals surface area contributed by atoms with Gasteiger partial charge in [0.2, 0.25) is 5.91 Å². The molecule has 0 fully saturated rings. The average molecular weight is 1010 g/mol. The fourth-order valence-corrected chi connectivity index (χ4v) is 9.97. The topological polar surface area (TPSA) is 95.9 Å². The minimum atomic E-state index is -0.665. The summed E-state index contributed by atoms with van der Waals surface area (Å²) in [5.74, 6) is -0.0343. The van der Waals surface area contributed by atoms with Crippen LogP contribution < -0.4 is 5.32 Å². The molecule has 1 amide bonds. The lowest BCUT2D eigenvalue weighted by Crippen LogP contribution is -2.45. The van der Waals surface area contributed by atoms with Gasteiger partial charge in [-0.25, -0.2) is 0 Å². The van der Waals surface area contributed by atoms with Crippen molar-refractivity contribution in [3.63, 3.8) is 0 Å². The third-order valence-electron chi connectivity index (χ3n) is 14.9. The van der Waals surface area contributed by atoms with Crippen LogP contribution in [0.25, 0.3) is 0 Å². The average Bonchev–Trinajstić information content (AvgIpc) is 3.38. The fraction of sp³-hybridized carbons (Fsp3) is 0.879. The highest BCUT2D eigenvalue weighted by atomic mass is 16.5. The van der Waals surface area contributed by atoms with Crippen molar-refractivity contribution in [1.82, 2.24) is 5.32 Å². The number of rotatable bonds is 60. The molecular weight excluding hydrogens is 887 g/mol. The fourth-order valence-electron chi connectivity index (χ4n) is 9.97. The Balaban J connectivity index is 3.38. The zero-order chi connectivity index (χ0) is 52.2. The number of carbonyl (C=O) groups is 2. The molecule has 0 bridgehead atoms. The van der Waals surface area contributed by atoms with Crippen LogP contribution in [0, 0.1) is 0 Å². The Labute approximate surface area is 449 Å². The Kier molecular flexibility index (Phi) is 60.0. The molecule has 0 aromatic carbocycles. The number of allylic oxidation sites excluding steroid dienone is 6. The summed E-state index contributed by atoms with van der Waals surface area (Å²) in [5, 5.41) is 23.3. The van der Waals surface area contributed by atoms with Crippen LogP contribution >= 0.6 is 0 Å². The minimum absolute atomic E-state index is 0.000226. The molecule has 0 saturated heterocycles. The van der Waals surface area contributed by atoms with Gasteiger partial charge in [0.25, 0.3) is 0 Å². The van der Waals surface area contributed by atoms with E-state index >= 15 is 0 Å². The molecule has 2 unspecified atom stereocenters. The van der Waals surface area contributed by atoms with Crippen molar-refractivity contribution in [1.29, 1.82) is 0 Å². The van der Waals surface area contributed by atoms with Crippen molar-refractivity contribution >= 4 is 11.9 Å². The molecular formula is C66H125NO5. The van der Waals surface area contributed by atoms with Crippen LogP contribution in [0.15, 0.2) is 36.5 Å². The van der Waals surface area contributed by atoms with Gasteiger partial charge in [0.05, 0.1) is 25.4 Å². The summed E-state index contributed by atoms with van der Waals surface area (Å²) in [6, 6.07) is -0.542. The Bertz CT molecular complexity index is 1170. The van der Waals surface area contributed by atoms with Gasteiger partial charge in [0.1, 0.15) is 0 Å². The van der Waals surface area contributed by atoms with E-state index in [9.17, 15) is 19.8 Å². The van der Waals surface area contributed by atoms with Gasteiger partial charge in [-0.1, -0.05) is 294 Å². The number of esters is 1. The number of aliphatic hydroxyl groups is 2. The van der Waals surface area contributed by atoms with Crippen molar-refractivity contribution in [2.24, 2.45) is 0 Å². The lowest BCUT2D eigenvalue weighted by atomic mass is 10.0. The number of hydrogen-bond donors (Lipinski definition) is 3. The summed E-state index contributed by atoms with van der Waals surface area (Å²) in [6.07, 6.45) is 77.4. The lowest BCUT2D eigenvalue weighted by molar-refractivity contribution is -0.143. The third kappa shape index (κ3) is 57.4. The maximum absolute atomic E-state index is 12.5. The second-order valence-corrected chi connectivity index (χ2v) is 22.1. The van der Waals surface area contributed by atoms with Crippen molar-refractivity contribution in [3.05, 3.63) is 36.5 Å². The highest BCUT2D eigenvalue weighted by molar-refractivity contribution is 5.76. The Morgan fingerprint density at radius 2 is 0.722 bits per heavy atom. The van der Waals surface area contributed by atoms with Crippen LogP contribution in [-0.4, -0.2) is 47.4 Å². The number of hydrogen-bond acceptors (Lipinski definition) is 5. The zero-order valence-corrected chi connectivity index (χ0v) is 48.4. The maximum Gasteiger partial charge on any atom is 0.305 e. The van der Waals surface area contributed by atoms with Gasteiger partial charge in [-0.3, -0.25) is 9.59 Å². The quantitative estimate of drug-likeness (QED) is 0.0320. The molecule has 0 radical (unpaired) electrons. The first-order valence-corrected chi connectivity index (χ1v) is 32.2. The standard InChI is InChI=1S/C66H125NO5/c1-3-5-7-9-11-13-15-17-31-35-38-42-46-50-54-58-64(69)63(62-68)67-65(70)59-55-51-47-43-39-36-32-29-27-25-23-21-19-18-20-22-24-26-28-30-33-37-41-45-49-53-57-61-72-66(71)60-56-52-48-44-40-34-16-14-12-10-8-6-4-2/h8,10,14,16,18-19,63-64,68-69H,3-7,9,11-13,15,17,20-62H2,1-2H3,(H,67,70)/b10-8-,16-14-,19-18-. The molecule has 0 saturated carbocycles. The van der Waals surface area contributed by atoms with Gasteiger partial charge < -0.3 is 20.3 Å². The third-order valence-corrected chi connectivity index (χ3v) is 14.9. The molecule has 0 aliphatic carbocycles. The SMILES string of the molecule is CCC/C=C\C/C=C\CCCCCCCC(=O)OCCCCCCCCCCCCCC/C=C\CCCCCCCCCCCCCC(=O)NC(CO)C(O)CCCCCCCCCCCCCCCCC. The van der Waals surface area contributed by atoms with Gasteiger partial charge in [0.15, 0.2) is 0 Å². The van der Waals surface area contributed by atoms with Crippen molar-refractivity contribution in [2.45, 2.75) is 360 Å². The van der Waals surface area contributed by atoms with E-state index in [0.717, 1.165) is 51.4 Å². The van der Waals surface area contributed by atoms with E-state index in [2.05, 4.69) is 55.6 Å². The molecule has 0 aromatic rings. The molecule has 0 aliphatic rings. The van der Waals surface area contributed by atoms with E-state index in [0.29, 0.717) is 25.9 Å². The highest BCUT2D eigenvalue weighted by Gasteiger charge is 2.20. The van der Waals surface area contributed by atoms with Gasteiger partial charge >= 0.3 is 5.97 Å². The van der Waals surface area contributed by atoms with E-state index in [1.807, 2.05) is 0 Å². The predicted octanol–water partition coefficient (Wildman–Crippen LogP) is 20.4. The van der Waals surface area contributed by atoms with Crippen molar-refractivity contribution in [2.75, 3.05) is 13.2 Å². The van der Waals surface area contributed by atoms with Gasteiger partial charge in [0, 0.05) is 12.8 Å². The van der Waals surface area contributed by atoms with E-state index in [4.69, 9.17) is 4.74 Å². The minimum Gasteiger partial charge on any atom is -0.466 e. The van der Waals surface area contributed by atoms with Crippen molar-refractivity contribution in [3.8, 4) is 0 Å². The summed E-state index contributed by atoms with van der Waals surface area (Å²) >= 11 is 0. The summed E-state index contributed by atoms with van der Waals surface area (Å²) in [6.45, 7) is 4.90. The molecule has 6 nitrogen and oxygen atoms in total. The summed E-state index contributed by atoms with van der Waals surface area (Å²) in [4.78, 5) is 24.5. The molecule has 0 aromatic heterocycles. The Morgan fingerprint density at radius 1 is 0.389 bits per heavy atom. The maximum atomic E-state index is 12.5. The normalized spacial score (nSPS) is 12.8. The Morgan fingerprint density at radius 3 is 1.12 bits per heavy atom. The van der Waals surface area contributed by atoms with Crippen molar-refractivity contribution < 1.29 is 24.5 Å². The number of amides is 1. The van der Waals surface area contributed by atoms with Gasteiger partial charge in [-0.05, 0) is 77.0 Å². The van der Waals surface area contributed by atoms with Crippen LogP contribution in [0.4, 0.5) is 0 Å². The van der Waals surface area contributed by atoms with Crippen LogP contribution in [0.2, 0.25) is 0 Å². The van der Waals surface area contributed by atoms with Gasteiger partial charge in [-0.15, -0.1) is 0 Å². The molecule has 2 atom stereocenters.